The molecular formula is C12H15N5O3S. The topological polar surface area (TPSA) is 113 Å². The highest BCUT2D eigenvalue weighted by atomic mass is 32.1. The van der Waals surface area contributed by atoms with Crippen molar-refractivity contribution in [3.63, 3.8) is 0 Å². The highest BCUT2D eigenvalue weighted by molar-refractivity contribution is 7.15. The number of methoxy groups -OCH3 is 1. The van der Waals surface area contributed by atoms with Crippen molar-refractivity contribution in [3.05, 3.63) is 16.4 Å². The Morgan fingerprint density at radius 1 is 1.38 bits per heavy atom. The fraction of sp³-hybridized carbons (Fsp3) is 0.417. The van der Waals surface area contributed by atoms with E-state index in [2.05, 4.69) is 15.3 Å². The Balaban J connectivity index is 2.53. The number of thiazole rings is 1. The van der Waals surface area contributed by atoms with Crippen LogP contribution in [0.25, 0.3) is 10.6 Å². The van der Waals surface area contributed by atoms with Crippen molar-refractivity contribution in [1.29, 1.82) is 0 Å². The van der Waals surface area contributed by atoms with Gasteiger partial charge in [-0.25, -0.2) is 14.5 Å². The molecule has 0 radical (unpaired) electrons. The van der Waals surface area contributed by atoms with E-state index in [0.29, 0.717) is 5.69 Å². The number of nitrogens with zero attached hydrogens (tertiary/aromatic N) is 4. The van der Waals surface area contributed by atoms with Crippen LogP contribution < -0.4 is 5.73 Å². The van der Waals surface area contributed by atoms with Gasteiger partial charge in [-0.1, -0.05) is 5.21 Å². The predicted octanol–water partition coefficient (Wildman–Crippen LogP) is 0.680. The molecule has 0 saturated heterocycles. The second kappa shape index (κ2) is 6.00. The van der Waals surface area contributed by atoms with E-state index in [1.54, 1.807) is 0 Å². The Hall–Kier alpha value is -2.29. The molecule has 8 nitrogen and oxygen atoms in total. The molecule has 0 fully saturated rings. The lowest BCUT2D eigenvalue weighted by Crippen LogP contribution is -2.15. The van der Waals surface area contributed by atoms with Crippen molar-refractivity contribution in [2.45, 2.75) is 26.8 Å². The maximum Gasteiger partial charge on any atom is 0.360 e. The molecule has 2 N–H and O–H groups in total. The maximum absolute atomic E-state index is 11.8. The number of nitrogens with two attached hydrogens (primary N) is 1. The zero-order chi connectivity index (χ0) is 15.6. The normalized spacial score (nSPS) is 10.6. The maximum atomic E-state index is 11.8. The predicted molar refractivity (Wildman–Crippen MR) is 75.8 cm³/mol. The molecule has 0 spiro atoms. The quantitative estimate of drug-likeness (QED) is 0.813. The first kappa shape index (κ1) is 15.1. The van der Waals surface area contributed by atoms with E-state index in [-0.39, 0.29) is 18.7 Å². The van der Waals surface area contributed by atoms with Crippen LogP contribution in [-0.4, -0.2) is 39.0 Å². The summed E-state index contributed by atoms with van der Waals surface area (Å²) in [5, 5.41) is 8.64. The summed E-state index contributed by atoms with van der Waals surface area (Å²) in [5.74, 6) is -1.03. The number of hydrogen-bond acceptors (Lipinski definition) is 7. The Bertz CT molecular complexity index is 691. The number of carbonyl (C=O) groups excluding carboxylic acids is 2. The Morgan fingerprint density at radius 2 is 2.10 bits per heavy atom. The van der Waals surface area contributed by atoms with Crippen molar-refractivity contribution in [1.82, 2.24) is 20.0 Å². The summed E-state index contributed by atoms with van der Waals surface area (Å²) in [6, 6.07) is 0. The number of primary amides is 1. The summed E-state index contributed by atoms with van der Waals surface area (Å²) in [6.07, 6.45) is 0.105. The largest absolute Gasteiger partial charge is 0.464 e. The summed E-state index contributed by atoms with van der Waals surface area (Å²) in [4.78, 5) is 27.9. The molecule has 0 aliphatic rings. The van der Waals surface area contributed by atoms with Crippen LogP contribution in [0.15, 0.2) is 0 Å². The van der Waals surface area contributed by atoms with Crippen LogP contribution in [-0.2, 0) is 16.1 Å². The Labute approximate surface area is 124 Å². The third-order valence-corrected chi connectivity index (χ3v) is 3.88. The van der Waals surface area contributed by atoms with E-state index in [4.69, 9.17) is 10.5 Å². The Morgan fingerprint density at radius 3 is 2.62 bits per heavy atom. The molecular weight excluding hydrogens is 294 g/mol. The van der Waals surface area contributed by atoms with Gasteiger partial charge in [-0.3, -0.25) is 4.79 Å². The third-order valence-electron chi connectivity index (χ3n) is 2.80. The highest BCUT2D eigenvalue weighted by Gasteiger charge is 2.25. The number of carbonyl (C=O) groups is 2. The summed E-state index contributed by atoms with van der Waals surface area (Å²) in [7, 11) is 1.28. The van der Waals surface area contributed by atoms with Crippen LogP contribution >= 0.6 is 11.3 Å². The van der Waals surface area contributed by atoms with E-state index in [0.717, 1.165) is 15.6 Å². The standard InChI is InChI=1S/C12H15N5O3S/c1-6-11(21-7(2)14-6)10-9(12(19)20-3)15-16-17(10)5-4-8(13)18/h4-5H2,1-3H3,(H2,13,18). The molecule has 9 heteroatoms. The fourth-order valence-corrected chi connectivity index (χ4v) is 2.87. The average molecular weight is 309 g/mol. The number of hydrogen-bond donors (Lipinski definition) is 1. The SMILES string of the molecule is COC(=O)c1nnn(CCC(N)=O)c1-c1sc(C)nc1C. The molecule has 0 atom stereocenters. The molecule has 0 aromatic carbocycles. The fourth-order valence-electron chi connectivity index (χ4n) is 1.90. The number of rotatable bonds is 5. The van der Waals surface area contributed by atoms with Gasteiger partial charge in [0.2, 0.25) is 5.91 Å². The molecule has 2 heterocycles. The first-order valence-electron chi connectivity index (χ1n) is 6.18. The van der Waals surface area contributed by atoms with Gasteiger partial charge in [0, 0.05) is 6.42 Å². The summed E-state index contributed by atoms with van der Waals surface area (Å²) >= 11 is 1.43. The van der Waals surface area contributed by atoms with E-state index < -0.39 is 11.9 Å². The second-order valence-electron chi connectivity index (χ2n) is 4.37. The summed E-state index contributed by atoms with van der Waals surface area (Å²) in [5.41, 5.74) is 6.53. The lowest BCUT2D eigenvalue weighted by atomic mass is 10.2. The number of amides is 1. The molecule has 2 aromatic heterocycles. The van der Waals surface area contributed by atoms with Gasteiger partial charge in [-0.05, 0) is 13.8 Å². The van der Waals surface area contributed by atoms with E-state index >= 15 is 0 Å². The highest BCUT2D eigenvalue weighted by Crippen LogP contribution is 2.31. The van der Waals surface area contributed by atoms with Crippen LogP contribution in [0.2, 0.25) is 0 Å². The van der Waals surface area contributed by atoms with Gasteiger partial charge >= 0.3 is 5.97 Å². The second-order valence-corrected chi connectivity index (χ2v) is 5.57. The number of ether oxygens (including phenoxy) is 1. The van der Waals surface area contributed by atoms with Gasteiger partial charge in [-0.15, -0.1) is 16.4 Å². The minimum atomic E-state index is -0.583. The van der Waals surface area contributed by atoms with Gasteiger partial charge in [-0.2, -0.15) is 0 Å². The summed E-state index contributed by atoms with van der Waals surface area (Å²) in [6.45, 7) is 3.95. The molecule has 0 unspecified atom stereocenters. The monoisotopic (exact) mass is 309 g/mol. The van der Waals surface area contributed by atoms with Crippen molar-refractivity contribution in [3.8, 4) is 10.6 Å². The van der Waals surface area contributed by atoms with E-state index in [9.17, 15) is 9.59 Å². The third kappa shape index (κ3) is 3.07. The molecule has 112 valence electrons. The summed E-state index contributed by atoms with van der Waals surface area (Å²) < 4.78 is 6.20. The molecule has 1 amide bonds. The van der Waals surface area contributed by atoms with Crippen LogP contribution in [0, 0.1) is 13.8 Å². The minimum absolute atomic E-state index is 0.105. The molecule has 2 aromatic rings. The zero-order valence-electron chi connectivity index (χ0n) is 11.9. The molecule has 0 saturated carbocycles. The first-order valence-corrected chi connectivity index (χ1v) is 7.00. The number of aryl methyl sites for hydroxylation is 3. The van der Waals surface area contributed by atoms with Crippen molar-refractivity contribution in [2.24, 2.45) is 5.73 Å². The minimum Gasteiger partial charge on any atom is -0.464 e. The van der Waals surface area contributed by atoms with Gasteiger partial charge in [0.1, 0.15) is 5.69 Å². The van der Waals surface area contributed by atoms with E-state index in [1.165, 1.54) is 23.1 Å². The molecule has 21 heavy (non-hydrogen) atoms. The Kier molecular flexibility index (Phi) is 4.32. The van der Waals surface area contributed by atoms with Crippen LogP contribution in [0.5, 0.6) is 0 Å². The van der Waals surface area contributed by atoms with Crippen LogP contribution in [0.4, 0.5) is 0 Å². The van der Waals surface area contributed by atoms with Gasteiger partial charge in [0.15, 0.2) is 5.69 Å². The van der Waals surface area contributed by atoms with Gasteiger partial charge in [0.25, 0.3) is 0 Å². The first-order chi connectivity index (χ1) is 9.93. The zero-order valence-corrected chi connectivity index (χ0v) is 12.7. The van der Waals surface area contributed by atoms with Gasteiger partial charge in [0.05, 0.1) is 29.2 Å². The smallest absolute Gasteiger partial charge is 0.360 e. The lowest BCUT2D eigenvalue weighted by Gasteiger charge is -2.05. The van der Waals surface area contributed by atoms with E-state index in [1.807, 2.05) is 13.8 Å². The van der Waals surface area contributed by atoms with Crippen molar-refractivity contribution in [2.75, 3.05) is 7.11 Å². The molecule has 0 aliphatic carbocycles. The van der Waals surface area contributed by atoms with Crippen LogP contribution in [0.1, 0.15) is 27.6 Å². The van der Waals surface area contributed by atoms with Gasteiger partial charge < -0.3 is 10.5 Å². The number of aromatic nitrogens is 4. The number of esters is 1. The molecule has 0 bridgehead atoms. The molecule has 0 aliphatic heterocycles. The van der Waals surface area contributed by atoms with Crippen LogP contribution in [0.3, 0.4) is 0 Å². The lowest BCUT2D eigenvalue weighted by molar-refractivity contribution is -0.118. The van der Waals surface area contributed by atoms with Crippen molar-refractivity contribution < 1.29 is 14.3 Å². The molecule has 2 rings (SSSR count). The average Bonchev–Trinajstić information content (AvgIpc) is 2.98. The van der Waals surface area contributed by atoms with Crippen molar-refractivity contribution >= 4 is 23.2 Å².